The van der Waals surface area contributed by atoms with E-state index in [4.69, 9.17) is 4.74 Å². The molecule has 0 radical (unpaired) electrons. The van der Waals surface area contributed by atoms with E-state index in [1.54, 1.807) is 18.7 Å². The number of ether oxygens (including phenoxy) is 1. The van der Waals surface area contributed by atoms with E-state index in [-0.39, 0.29) is 31.4 Å². The first-order valence-electron chi connectivity index (χ1n) is 9.66. The molecular weight excluding hydrogens is 360 g/mol. The van der Waals surface area contributed by atoms with E-state index in [1.807, 2.05) is 38.1 Å². The fraction of sp³-hybridized carbons (Fsp3) is 0.571. The van der Waals surface area contributed by atoms with Gasteiger partial charge in [0.2, 0.25) is 11.8 Å². The van der Waals surface area contributed by atoms with E-state index in [0.29, 0.717) is 6.61 Å². The minimum absolute atomic E-state index is 0.0741. The molecule has 28 heavy (non-hydrogen) atoms. The van der Waals surface area contributed by atoms with Crippen LogP contribution in [0.3, 0.4) is 0 Å². The van der Waals surface area contributed by atoms with Crippen LogP contribution in [-0.2, 0) is 19.1 Å². The molecule has 1 aliphatic heterocycles. The zero-order chi connectivity index (χ0) is 20.7. The molecule has 3 atom stereocenters. The van der Waals surface area contributed by atoms with Crippen molar-refractivity contribution in [1.29, 1.82) is 0 Å². The quantitative estimate of drug-likeness (QED) is 0.778. The summed E-state index contributed by atoms with van der Waals surface area (Å²) in [6.45, 7) is 8.15. The molecule has 2 fully saturated rings. The summed E-state index contributed by atoms with van der Waals surface area (Å²) in [5.41, 5.74) is -0.294. The summed E-state index contributed by atoms with van der Waals surface area (Å²) in [7, 11) is 0. The second-order valence-electron chi connectivity index (χ2n) is 8.31. The van der Waals surface area contributed by atoms with Gasteiger partial charge < -0.3 is 20.1 Å². The summed E-state index contributed by atoms with van der Waals surface area (Å²) >= 11 is 0. The van der Waals surface area contributed by atoms with Crippen LogP contribution >= 0.6 is 0 Å². The van der Waals surface area contributed by atoms with Crippen LogP contribution < -0.4 is 10.2 Å². The number of anilines is 1. The van der Waals surface area contributed by atoms with Crippen molar-refractivity contribution in [1.82, 2.24) is 5.32 Å². The van der Waals surface area contributed by atoms with Crippen molar-refractivity contribution >= 4 is 23.5 Å². The highest BCUT2D eigenvalue weighted by molar-refractivity contribution is 6.01. The van der Waals surface area contributed by atoms with Gasteiger partial charge >= 0.3 is 5.97 Å². The van der Waals surface area contributed by atoms with E-state index >= 15 is 0 Å². The maximum absolute atomic E-state index is 12.9. The molecule has 1 heterocycles. The summed E-state index contributed by atoms with van der Waals surface area (Å²) in [4.78, 5) is 39.0. The third kappa shape index (κ3) is 3.17. The Morgan fingerprint density at radius 2 is 1.93 bits per heavy atom. The van der Waals surface area contributed by atoms with Crippen LogP contribution in [0.1, 0.15) is 39.2 Å². The zero-order valence-electron chi connectivity index (χ0n) is 16.8. The maximum Gasteiger partial charge on any atom is 0.330 e. The molecule has 0 bridgehead atoms. The van der Waals surface area contributed by atoms with Crippen molar-refractivity contribution in [2.24, 2.45) is 11.3 Å². The first-order valence-corrected chi connectivity index (χ1v) is 9.66. The van der Waals surface area contributed by atoms with Crippen LogP contribution in [0, 0.1) is 18.3 Å². The van der Waals surface area contributed by atoms with Gasteiger partial charge in [0.1, 0.15) is 5.54 Å². The summed E-state index contributed by atoms with van der Waals surface area (Å²) < 4.78 is 5.63. The lowest BCUT2D eigenvalue weighted by Crippen LogP contribution is -2.76. The van der Waals surface area contributed by atoms with Crippen molar-refractivity contribution in [2.75, 3.05) is 18.1 Å². The first kappa shape index (κ1) is 20.3. The minimum atomic E-state index is -1.38. The van der Waals surface area contributed by atoms with Crippen LogP contribution in [0.15, 0.2) is 24.3 Å². The van der Waals surface area contributed by atoms with Gasteiger partial charge in [0.05, 0.1) is 12.0 Å². The van der Waals surface area contributed by atoms with Gasteiger partial charge in [-0.25, -0.2) is 4.79 Å². The smallest absolute Gasteiger partial charge is 0.330 e. The molecule has 2 N–H and O–H groups in total. The number of carboxylic acids is 1. The van der Waals surface area contributed by atoms with Crippen molar-refractivity contribution in [3.63, 3.8) is 0 Å². The molecule has 7 nitrogen and oxygen atoms in total. The number of carboxylic acid groups (broad SMARTS) is 1. The van der Waals surface area contributed by atoms with Crippen LogP contribution in [0.25, 0.3) is 0 Å². The average molecular weight is 388 g/mol. The van der Waals surface area contributed by atoms with E-state index in [1.165, 1.54) is 0 Å². The number of carbonyl (C=O) groups is 3. The lowest BCUT2D eigenvalue weighted by Gasteiger charge is -2.58. The fourth-order valence-corrected chi connectivity index (χ4v) is 4.21. The molecule has 2 aliphatic rings. The monoisotopic (exact) mass is 388 g/mol. The van der Waals surface area contributed by atoms with Crippen molar-refractivity contribution in [2.45, 2.75) is 52.2 Å². The molecule has 2 amide bonds. The largest absolute Gasteiger partial charge is 0.479 e. The number of nitrogens with zero attached hydrogens (tertiary/aromatic N) is 1. The minimum Gasteiger partial charge on any atom is -0.479 e. The number of carbonyl (C=O) groups excluding carboxylic acids is 2. The predicted molar refractivity (Wildman–Crippen MR) is 104 cm³/mol. The Morgan fingerprint density at radius 3 is 2.46 bits per heavy atom. The number of aliphatic carboxylic acids is 1. The first-order chi connectivity index (χ1) is 13.1. The number of amides is 2. The van der Waals surface area contributed by atoms with E-state index < -0.39 is 28.7 Å². The normalized spacial score (nSPS) is 28.7. The molecule has 1 saturated carbocycles. The SMILES string of the molecule is CCOC1CC(NC(=O)C2CC(=O)N(c3ccc(C)cc3)C2)(C(=O)O)C1(C)C. The van der Waals surface area contributed by atoms with E-state index in [0.717, 1.165) is 11.3 Å². The third-order valence-electron chi connectivity index (χ3n) is 6.31. The van der Waals surface area contributed by atoms with Gasteiger partial charge in [-0.2, -0.15) is 0 Å². The molecular formula is C21H28N2O5. The van der Waals surface area contributed by atoms with Crippen LogP contribution in [-0.4, -0.2) is 47.7 Å². The number of aryl methyl sites for hydroxylation is 1. The Morgan fingerprint density at radius 1 is 1.29 bits per heavy atom. The highest BCUT2D eigenvalue weighted by Gasteiger charge is 2.66. The second-order valence-corrected chi connectivity index (χ2v) is 8.31. The summed E-state index contributed by atoms with van der Waals surface area (Å²) in [6.07, 6.45) is 0.0605. The number of nitrogens with one attached hydrogen (secondary N) is 1. The second kappa shape index (κ2) is 7.20. The van der Waals surface area contributed by atoms with Crippen LogP contribution in [0.2, 0.25) is 0 Å². The van der Waals surface area contributed by atoms with E-state index in [2.05, 4.69) is 5.32 Å². The van der Waals surface area contributed by atoms with Crippen molar-refractivity contribution < 1.29 is 24.2 Å². The fourth-order valence-electron chi connectivity index (χ4n) is 4.21. The Balaban J connectivity index is 1.73. The molecule has 1 aromatic rings. The van der Waals surface area contributed by atoms with Crippen LogP contribution in [0.5, 0.6) is 0 Å². The lowest BCUT2D eigenvalue weighted by atomic mass is 9.54. The molecule has 1 saturated heterocycles. The third-order valence-corrected chi connectivity index (χ3v) is 6.31. The topological polar surface area (TPSA) is 95.9 Å². The van der Waals surface area contributed by atoms with Crippen molar-refractivity contribution in [3.05, 3.63) is 29.8 Å². The lowest BCUT2D eigenvalue weighted by molar-refractivity contribution is -0.195. The highest BCUT2D eigenvalue weighted by Crippen LogP contribution is 2.51. The molecule has 3 rings (SSSR count). The molecule has 0 spiro atoms. The van der Waals surface area contributed by atoms with Gasteiger partial charge in [-0.1, -0.05) is 31.5 Å². The van der Waals surface area contributed by atoms with Crippen molar-refractivity contribution in [3.8, 4) is 0 Å². The Hall–Kier alpha value is -2.41. The zero-order valence-corrected chi connectivity index (χ0v) is 16.8. The van der Waals surface area contributed by atoms with Gasteiger partial charge in [-0.3, -0.25) is 9.59 Å². The highest BCUT2D eigenvalue weighted by atomic mass is 16.5. The van der Waals surface area contributed by atoms with Gasteiger partial charge in [0.15, 0.2) is 0 Å². The van der Waals surface area contributed by atoms with Crippen LogP contribution in [0.4, 0.5) is 5.69 Å². The number of rotatable bonds is 6. The number of hydrogen-bond donors (Lipinski definition) is 2. The molecule has 3 unspecified atom stereocenters. The maximum atomic E-state index is 12.9. The van der Waals surface area contributed by atoms with Gasteiger partial charge in [0.25, 0.3) is 0 Å². The summed E-state index contributed by atoms with van der Waals surface area (Å²) in [5, 5.41) is 12.6. The Labute approximate surface area is 165 Å². The average Bonchev–Trinajstić information content (AvgIpc) is 3.02. The Bertz CT molecular complexity index is 788. The molecule has 1 aromatic carbocycles. The molecule has 0 aromatic heterocycles. The summed E-state index contributed by atoms with van der Waals surface area (Å²) in [5.74, 6) is -2.17. The molecule has 1 aliphatic carbocycles. The standard InChI is InChI=1S/C21H28N2O5/c1-5-28-16-11-21(19(26)27,20(16,3)4)22-18(25)14-10-17(24)23(12-14)15-8-6-13(2)7-9-15/h6-9,14,16H,5,10-12H2,1-4H3,(H,22,25)(H,26,27). The molecule has 152 valence electrons. The number of benzene rings is 1. The van der Waals surface area contributed by atoms with E-state index in [9.17, 15) is 19.5 Å². The Kier molecular flexibility index (Phi) is 5.23. The summed E-state index contributed by atoms with van der Waals surface area (Å²) in [6, 6.07) is 7.54. The number of hydrogen-bond acceptors (Lipinski definition) is 4. The van der Waals surface area contributed by atoms with Gasteiger partial charge in [0, 0.05) is 37.1 Å². The predicted octanol–water partition coefficient (Wildman–Crippen LogP) is 2.12. The van der Waals surface area contributed by atoms with Gasteiger partial charge in [-0.15, -0.1) is 0 Å². The van der Waals surface area contributed by atoms with Gasteiger partial charge in [-0.05, 0) is 26.0 Å². The molecule has 7 heteroatoms.